The van der Waals surface area contributed by atoms with Crippen molar-refractivity contribution in [3.8, 4) is 0 Å². The van der Waals surface area contributed by atoms with Gasteiger partial charge in [-0.3, -0.25) is 5.10 Å². The number of halogens is 1. The average molecular weight is 212 g/mol. The maximum atomic E-state index is 5.94. The zero-order valence-corrected chi connectivity index (χ0v) is 8.17. The third-order valence-corrected chi connectivity index (χ3v) is 2.13. The van der Waals surface area contributed by atoms with Crippen molar-refractivity contribution in [1.82, 2.24) is 15.2 Å². The zero-order chi connectivity index (χ0) is 9.97. The first-order valence-corrected chi connectivity index (χ1v) is 4.62. The number of nitrogens with zero attached hydrogens (tertiary/aromatic N) is 2. The van der Waals surface area contributed by atoms with Crippen LogP contribution in [0.3, 0.4) is 0 Å². The Hall–Kier alpha value is -1.33. The fourth-order valence-corrected chi connectivity index (χ4v) is 1.44. The molecule has 2 rings (SSSR count). The van der Waals surface area contributed by atoms with Crippen molar-refractivity contribution in [3.63, 3.8) is 0 Å². The van der Waals surface area contributed by atoms with E-state index in [1.165, 1.54) is 0 Å². The molecule has 0 fully saturated rings. The Morgan fingerprint density at radius 2 is 2.43 bits per heavy atom. The van der Waals surface area contributed by atoms with Crippen LogP contribution in [0.2, 0.25) is 5.15 Å². The molecule has 0 radical (unpaired) electrons. The summed E-state index contributed by atoms with van der Waals surface area (Å²) >= 11 is 5.94. The SMILES string of the molecule is NCCNc1cc2[nH]ncc2c(Cl)n1. The van der Waals surface area contributed by atoms with Crippen molar-refractivity contribution in [1.29, 1.82) is 0 Å². The lowest BCUT2D eigenvalue weighted by Gasteiger charge is -2.03. The van der Waals surface area contributed by atoms with Gasteiger partial charge < -0.3 is 11.1 Å². The third kappa shape index (κ3) is 1.64. The van der Waals surface area contributed by atoms with Crippen LogP contribution in [-0.2, 0) is 0 Å². The summed E-state index contributed by atoms with van der Waals surface area (Å²) in [5.74, 6) is 0.706. The second-order valence-electron chi connectivity index (χ2n) is 2.84. The van der Waals surface area contributed by atoms with Gasteiger partial charge in [0.05, 0.1) is 17.1 Å². The number of fused-ring (bicyclic) bond motifs is 1. The Morgan fingerprint density at radius 1 is 1.57 bits per heavy atom. The van der Waals surface area contributed by atoms with Crippen LogP contribution in [0.25, 0.3) is 10.9 Å². The predicted octanol–water partition coefficient (Wildman–Crippen LogP) is 0.982. The van der Waals surface area contributed by atoms with E-state index in [0.29, 0.717) is 24.1 Å². The van der Waals surface area contributed by atoms with E-state index >= 15 is 0 Å². The Kier molecular flexibility index (Phi) is 2.51. The Bertz CT molecular complexity index is 438. The van der Waals surface area contributed by atoms with Gasteiger partial charge in [-0.25, -0.2) is 4.98 Å². The number of nitrogens with two attached hydrogens (primary N) is 1. The average Bonchev–Trinajstić information content (AvgIpc) is 2.63. The standard InChI is InChI=1S/C8H10ClN5/c9-8-5-4-12-14-6(5)3-7(13-8)11-2-1-10/h3-4H,1-2,10H2,(H,11,13)(H,12,14). The van der Waals surface area contributed by atoms with Gasteiger partial charge in [0, 0.05) is 19.2 Å². The molecule has 0 unspecified atom stereocenters. The summed E-state index contributed by atoms with van der Waals surface area (Å²) in [5.41, 5.74) is 6.23. The zero-order valence-electron chi connectivity index (χ0n) is 7.42. The van der Waals surface area contributed by atoms with Gasteiger partial charge in [-0.1, -0.05) is 11.6 Å². The van der Waals surface area contributed by atoms with E-state index in [2.05, 4.69) is 20.5 Å². The van der Waals surface area contributed by atoms with E-state index in [4.69, 9.17) is 17.3 Å². The normalized spacial score (nSPS) is 10.7. The summed E-state index contributed by atoms with van der Waals surface area (Å²) in [7, 11) is 0. The number of nitrogens with one attached hydrogen (secondary N) is 2. The maximum absolute atomic E-state index is 5.94. The highest BCUT2D eigenvalue weighted by Gasteiger charge is 2.04. The predicted molar refractivity (Wildman–Crippen MR) is 56.4 cm³/mol. The lowest BCUT2D eigenvalue weighted by Crippen LogP contribution is -2.13. The van der Waals surface area contributed by atoms with Crippen molar-refractivity contribution >= 4 is 28.3 Å². The van der Waals surface area contributed by atoms with E-state index < -0.39 is 0 Å². The van der Waals surface area contributed by atoms with Gasteiger partial charge in [0.15, 0.2) is 0 Å². The van der Waals surface area contributed by atoms with E-state index in [1.807, 2.05) is 6.07 Å². The highest BCUT2D eigenvalue weighted by molar-refractivity contribution is 6.34. The monoisotopic (exact) mass is 211 g/mol. The van der Waals surface area contributed by atoms with Crippen molar-refractivity contribution in [2.45, 2.75) is 0 Å². The molecule has 14 heavy (non-hydrogen) atoms. The van der Waals surface area contributed by atoms with E-state index in [1.54, 1.807) is 6.20 Å². The number of aromatic amines is 1. The van der Waals surface area contributed by atoms with Crippen LogP contribution in [0, 0.1) is 0 Å². The molecule has 0 aliphatic rings. The first-order chi connectivity index (χ1) is 6.81. The number of hydrogen-bond acceptors (Lipinski definition) is 4. The fourth-order valence-electron chi connectivity index (χ4n) is 1.20. The molecule has 0 aliphatic heterocycles. The number of hydrogen-bond donors (Lipinski definition) is 3. The number of rotatable bonds is 3. The number of H-pyrrole nitrogens is 1. The van der Waals surface area contributed by atoms with E-state index in [-0.39, 0.29) is 0 Å². The molecule has 4 N–H and O–H groups in total. The van der Waals surface area contributed by atoms with Crippen LogP contribution in [0.15, 0.2) is 12.3 Å². The summed E-state index contributed by atoms with van der Waals surface area (Å²) in [6.45, 7) is 1.23. The number of aromatic nitrogens is 3. The van der Waals surface area contributed by atoms with Crippen LogP contribution >= 0.6 is 11.6 Å². The molecule has 0 bridgehead atoms. The highest BCUT2D eigenvalue weighted by Crippen LogP contribution is 2.22. The summed E-state index contributed by atoms with van der Waals surface area (Å²) in [4.78, 5) is 4.15. The van der Waals surface area contributed by atoms with Crippen LogP contribution in [0.5, 0.6) is 0 Å². The smallest absolute Gasteiger partial charge is 0.142 e. The molecule has 0 aromatic carbocycles. The van der Waals surface area contributed by atoms with Crippen molar-refractivity contribution in [2.75, 3.05) is 18.4 Å². The van der Waals surface area contributed by atoms with Crippen molar-refractivity contribution < 1.29 is 0 Å². The molecule has 74 valence electrons. The molecule has 0 amide bonds. The second kappa shape index (κ2) is 3.81. The molecule has 6 heteroatoms. The Morgan fingerprint density at radius 3 is 3.21 bits per heavy atom. The molecule has 0 aliphatic carbocycles. The van der Waals surface area contributed by atoms with Crippen LogP contribution in [-0.4, -0.2) is 28.3 Å². The quantitative estimate of drug-likeness (QED) is 0.662. The first kappa shape index (κ1) is 9.23. The van der Waals surface area contributed by atoms with Crippen LogP contribution < -0.4 is 11.1 Å². The first-order valence-electron chi connectivity index (χ1n) is 4.25. The molecule has 0 saturated heterocycles. The molecule has 0 atom stereocenters. The third-order valence-electron chi connectivity index (χ3n) is 1.84. The van der Waals surface area contributed by atoms with Crippen LogP contribution in [0.1, 0.15) is 0 Å². The van der Waals surface area contributed by atoms with Gasteiger partial charge in [-0.05, 0) is 0 Å². The van der Waals surface area contributed by atoms with Gasteiger partial charge in [-0.15, -0.1) is 0 Å². The topological polar surface area (TPSA) is 79.6 Å². The summed E-state index contributed by atoms with van der Waals surface area (Å²) in [6, 6.07) is 1.85. The minimum Gasteiger partial charge on any atom is -0.369 e. The van der Waals surface area contributed by atoms with E-state index in [0.717, 1.165) is 10.9 Å². The Balaban J connectivity index is 2.38. The van der Waals surface area contributed by atoms with Crippen molar-refractivity contribution in [3.05, 3.63) is 17.4 Å². The van der Waals surface area contributed by atoms with Crippen LogP contribution in [0.4, 0.5) is 5.82 Å². The maximum Gasteiger partial charge on any atom is 0.142 e. The van der Waals surface area contributed by atoms with Gasteiger partial charge in [0.1, 0.15) is 11.0 Å². The molecule has 0 saturated carbocycles. The van der Waals surface area contributed by atoms with Gasteiger partial charge in [0.25, 0.3) is 0 Å². The lowest BCUT2D eigenvalue weighted by atomic mass is 10.3. The fraction of sp³-hybridized carbons (Fsp3) is 0.250. The van der Waals surface area contributed by atoms with Crippen molar-refractivity contribution in [2.24, 2.45) is 5.73 Å². The second-order valence-corrected chi connectivity index (χ2v) is 3.20. The molecule has 2 aromatic rings. The molecule has 5 nitrogen and oxygen atoms in total. The summed E-state index contributed by atoms with van der Waals surface area (Å²) < 4.78 is 0. The molecular formula is C8H10ClN5. The number of pyridine rings is 1. The lowest BCUT2D eigenvalue weighted by molar-refractivity contribution is 1.01. The molecule has 0 spiro atoms. The highest BCUT2D eigenvalue weighted by atomic mass is 35.5. The minimum atomic E-state index is 0.441. The van der Waals surface area contributed by atoms with Gasteiger partial charge in [0.2, 0.25) is 0 Å². The Labute approximate surface area is 85.7 Å². The summed E-state index contributed by atoms with van der Waals surface area (Å²) in [5, 5.41) is 11.0. The molecule has 2 heterocycles. The largest absolute Gasteiger partial charge is 0.369 e. The van der Waals surface area contributed by atoms with Gasteiger partial charge >= 0.3 is 0 Å². The van der Waals surface area contributed by atoms with E-state index in [9.17, 15) is 0 Å². The minimum absolute atomic E-state index is 0.441. The summed E-state index contributed by atoms with van der Waals surface area (Å²) in [6.07, 6.45) is 1.65. The molecular weight excluding hydrogens is 202 g/mol. The van der Waals surface area contributed by atoms with Gasteiger partial charge in [-0.2, -0.15) is 5.10 Å². The number of anilines is 1. The molecule has 2 aromatic heterocycles.